The van der Waals surface area contributed by atoms with E-state index in [1.165, 1.54) is 0 Å². The van der Waals surface area contributed by atoms with E-state index >= 15 is 0 Å². The number of para-hydroxylation sites is 1. The third-order valence-electron chi connectivity index (χ3n) is 3.15. The molecular weight excluding hydrogens is 232 g/mol. The quantitative estimate of drug-likeness (QED) is 0.815. The Balaban J connectivity index is 2.36. The number of benzene rings is 1. The van der Waals surface area contributed by atoms with Crippen molar-refractivity contribution in [3.8, 4) is 0 Å². The summed E-state index contributed by atoms with van der Waals surface area (Å²) in [5.41, 5.74) is 7.04. The highest BCUT2D eigenvalue weighted by molar-refractivity contribution is 5.84. The first-order valence-corrected chi connectivity index (χ1v) is 6.02. The summed E-state index contributed by atoms with van der Waals surface area (Å²) in [6, 6.07) is 7.02. The lowest BCUT2D eigenvalue weighted by atomic mass is 10.0. The molecule has 1 heterocycles. The minimum Gasteiger partial charge on any atom is -0.389 e. The van der Waals surface area contributed by atoms with Gasteiger partial charge in [0.15, 0.2) is 0 Å². The minimum atomic E-state index is -0.586. The number of carbonyl (C=O) groups excluding carboxylic acids is 1. The lowest BCUT2D eigenvalue weighted by Crippen LogP contribution is -2.53. The van der Waals surface area contributed by atoms with Crippen LogP contribution in [0.5, 0.6) is 0 Å². The molecule has 1 fully saturated rings. The predicted octanol–water partition coefficient (Wildman–Crippen LogP) is 0.430. The Morgan fingerprint density at radius 2 is 2.28 bits per heavy atom. The molecule has 0 aliphatic carbocycles. The van der Waals surface area contributed by atoms with Gasteiger partial charge in [0.05, 0.1) is 19.3 Å². The number of hydrogen-bond donors (Lipinski definition) is 2. The first-order valence-electron chi connectivity index (χ1n) is 6.02. The van der Waals surface area contributed by atoms with Gasteiger partial charge in [0.1, 0.15) is 6.04 Å². The van der Waals surface area contributed by atoms with E-state index in [0.717, 1.165) is 11.3 Å². The largest absolute Gasteiger partial charge is 0.389 e. The van der Waals surface area contributed by atoms with Crippen LogP contribution in [0.1, 0.15) is 18.6 Å². The maximum Gasteiger partial charge on any atom is 0.242 e. The molecular formula is C13H18N2O3. The van der Waals surface area contributed by atoms with Crippen molar-refractivity contribution in [2.24, 2.45) is 5.73 Å². The van der Waals surface area contributed by atoms with Gasteiger partial charge in [-0.05, 0) is 13.0 Å². The van der Waals surface area contributed by atoms with E-state index in [4.69, 9.17) is 10.5 Å². The van der Waals surface area contributed by atoms with Crippen LogP contribution in [0, 0.1) is 0 Å². The molecule has 0 saturated carbocycles. The lowest BCUT2D eigenvalue weighted by Gasteiger charge is -2.36. The standard InChI is InChI=1S/C13H18N2O3/c1-9(16)10-4-2-3-5-11(10)15-6-7-18-8-12(15)13(14)17/h2-5,9,12,16H,6-8H2,1H3,(H2,14,17)/t9-,12?/m1/s1. The van der Waals surface area contributed by atoms with Gasteiger partial charge in [0.25, 0.3) is 0 Å². The van der Waals surface area contributed by atoms with E-state index in [9.17, 15) is 9.90 Å². The molecule has 5 heteroatoms. The van der Waals surface area contributed by atoms with Gasteiger partial charge >= 0.3 is 0 Å². The first kappa shape index (κ1) is 12.9. The molecule has 1 aliphatic heterocycles. The van der Waals surface area contributed by atoms with E-state index in [1.54, 1.807) is 6.92 Å². The summed E-state index contributed by atoms with van der Waals surface area (Å²) >= 11 is 0. The first-order chi connectivity index (χ1) is 8.61. The van der Waals surface area contributed by atoms with Crippen LogP contribution >= 0.6 is 0 Å². The van der Waals surface area contributed by atoms with Crippen LogP contribution in [0.3, 0.4) is 0 Å². The van der Waals surface area contributed by atoms with Gasteiger partial charge < -0.3 is 20.5 Å². The zero-order chi connectivity index (χ0) is 13.1. The minimum absolute atomic E-state index is 0.295. The number of aliphatic hydroxyl groups excluding tert-OH is 1. The van der Waals surface area contributed by atoms with Gasteiger partial charge in [-0.2, -0.15) is 0 Å². The highest BCUT2D eigenvalue weighted by Gasteiger charge is 2.29. The fourth-order valence-corrected chi connectivity index (χ4v) is 2.23. The van der Waals surface area contributed by atoms with E-state index in [0.29, 0.717) is 19.8 Å². The topological polar surface area (TPSA) is 75.8 Å². The number of morpholine rings is 1. The second kappa shape index (κ2) is 5.37. The summed E-state index contributed by atoms with van der Waals surface area (Å²) in [6.07, 6.45) is -0.586. The van der Waals surface area contributed by atoms with Crippen LogP contribution in [-0.4, -0.2) is 36.8 Å². The van der Waals surface area contributed by atoms with Crippen molar-refractivity contribution in [2.75, 3.05) is 24.7 Å². The monoisotopic (exact) mass is 250 g/mol. The number of ether oxygens (including phenoxy) is 1. The molecule has 1 unspecified atom stereocenters. The number of aliphatic hydroxyl groups is 1. The molecule has 3 N–H and O–H groups in total. The Morgan fingerprint density at radius 1 is 1.56 bits per heavy atom. The molecule has 0 spiro atoms. The number of amides is 1. The Labute approximate surface area is 106 Å². The van der Waals surface area contributed by atoms with Crippen molar-refractivity contribution in [3.05, 3.63) is 29.8 Å². The van der Waals surface area contributed by atoms with Crippen molar-refractivity contribution >= 4 is 11.6 Å². The average molecular weight is 250 g/mol. The second-order valence-electron chi connectivity index (χ2n) is 4.42. The summed E-state index contributed by atoms with van der Waals surface area (Å²) in [7, 11) is 0. The number of nitrogens with zero attached hydrogens (tertiary/aromatic N) is 1. The Morgan fingerprint density at radius 3 is 2.94 bits per heavy atom. The summed E-state index contributed by atoms with van der Waals surface area (Å²) < 4.78 is 5.29. The van der Waals surface area contributed by atoms with E-state index in [2.05, 4.69) is 0 Å². The molecule has 0 radical (unpaired) electrons. The molecule has 1 aliphatic rings. The maximum absolute atomic E-state index is 11.5. The third-order valence-corrected chi connectivity index (χ3v) is 3.15. The number of hydrogen-bond acceptors (Lipinski definition) is 4. The van der Waals surface area contributed by atoms with E-state index < -0.39 is 18.1 Å². The number of primary amides is 1. The van der Waals surface area contributed by atoms with E-state index in [-0.39, 0.29) is 0 Å². The normalized spacial score (nSPS) is 21.7. The van der Waals surface area contributed by atoms with Gasteiger partial charge in [0, 0.05) is 17.8 Å². The Kier molecular flexibility index (Phi) is 3.84. The van der Waals surface area contributed by atoms with Crippen molar-refractivity contribution in [1.29, 1.82) is 0 Å². The van der Waals surface area contributed by atoms with Gasteiger partial charge in [-0.25, -0.2) is 0 Å². The predicted molar refractivity (Wildman–Crippen MR) is 68.2 cm³/mol. The molecule has 1 saturated heterocycles. The van der Waals surface area contributed by atoms with Crippen molar-refractivity contribution < 1.29 is 14.6 Å². The molecule has 1 aromatic rings. The molecule has 5 nitrogen and oxygen atoms in total. The van der Waals surface area contributed by atoms with Gasteiger partial charge in [-0.1, -0.05) is 18.2 Å². The van der Waals surface area contributed by atoms with Crippen LogP contribution < -0.4 is 10.6 Å². The summed E-state index contributed by atoms with van der Waals surface area (Å²) in [4.78, 5) is 13.4. The summed E-state index contributed by atoms with van der Waals surface area (Å²) in [5.74, 6) is -0.407. The smallest absolute Gasteiger partial charge is 0.242 e. The lowest BCUT2D eigenvalue weighted by molar-refractivity contribution is -0.121. The zero-order valence-corrected chi connectivity index (χ0v) is 10.4. The summed E-state index contributed by atoms with van der Waals surface area (Å²) in [6.45, 7) is 3.15. The van der Waals surface area contributed by atoms with Gasteiger partial charge in [-0.15, -0.1) is 0 Å². The number of rotatable bonds is 3. The Bertz CT molecular complexity index is 434. The maximum atomic E-state index is 11.5. The van der Waals surface area contributed by atoms with Crippen LogP contribution in [0.4, 0.5) is 5.69 Å². The van der Waals surface area contributed by atoms with Crippen molar-refractivity contribution in [3.63, 3.8) is 0 Å². The fourth-order valence-electron chi connectivity index (χ4n) is 2.23. The van der Waals surface area contributed by atoms with Crippen LogP contribution in [0.2, 0.25) is 0 Å². The SMILES string of the molecule is C[C@@H](O)c1ccccc1N1CCOCC1C(N)=O. The van der Waals surface area contributed by atoms with Crippen molar-refractivity contribution in [1.82, 2.24) is 0 Å². The Hall–Kier alpha value is -1.59. The number of anilines is 1. The highest BCUT2D eigenvalue weighted by atomic mass is 16.5. The van der Waals surface area contributed by atoms with Crippen LogP contribution in [0.25, 0.3) is 0 Å². The zero-order valence-electron chi connectivity index (χ0n) is 10.4. The average Bonchev–Trinajstić information content (AvgIpc) is 2.38. The van der Waals surface area contributed by atoms with Crippen LogP contribution in [-0.2, 0) is 9.53 Å². The molecule has 98 valence electrons. The van der Waals surface area contributed by atoms with Crippen LogP contribution in [0.15, 0.2) is 24.3 Å². The molecule has 0 aromatic heterocycles. The number of carbonyl (C=O) groups is 1. The molecule has 2 rings (SSSR count). The molecule has 18 heavy (non-hydrogen) atoms. The van der Waals surface area contributed by atoms with Gasteiger partial charge in [0.2, 0.25) is 5.91 Å². The second-order valence-corrected chi connectivity index (χ2v) is 4.42. The molecule has 0 bridgehead atoms. The fraction of sp³-hybridized carbons (Fsp3) is 0.462. The van der Waals surface area contributed by atoms with Crippen molar-refractivity contribution in [2.45, 2.75) is 19.1 Å². The molecule has 2 atom stereocenters. The highest BCUT2D eigenvalue weighted by Crippen LogP contribution is 2.28. The third kappa shape index (κ3) is 2.47. The molecule has 1 amide bonds. The van der Waals surface area contributed by atoms with Gasteiger partial charge in [-0.3, -0.25) is 4.79 Å². The van der Waals surface area contributed by atoms with E-state index in [1.807, 2.05) is 29.2 Å². The summed E-state index contributed by atoms with van der Waals surface area (Å²) in [5, 5.41) is 9.79. The number of nitrogens with two attached hydrogens (primary N) is 1. The molecule has 1 aromatic carbocycles.